The summed E-state index contributed by atoms with van der Waals surface area (Å²) >= 11 is 0. The fourth-order valence-corrected chi connectivity index (χ4v) is 3.92. The van der Waals surface area contributed by atoms with Crippen LogP contribution in [0.2, 0.25) is 0 Å². The van der Waals surface area contributed by atoms with Gasteiger partial charge < -0.3 is 24.1 Å². The summed E-state index contributed by atoms with van der Waals surface area (Å²) in [5, 5.41) is 15.3. The number of hydrogen-bond donors (Lipinski definition) is 1. The van der Waals surface area contributed by atoms with Gasteiger partial charge in [0.1, 0.15) is 18.3 Å². The first-order chi connectivity index (χ1) is 17.5. The van der Waals surface area contributed by atoms with Crippen LogP contribution in [0.5, 0.6) is 11.5 Å². The fraction of sp³-hybridized carbons (Fsp3) is 0.500. The number of aryl methyl sites for hydroxylation is 1. The maximum Gasteiger partial charge on any atom is 0.246 e. The lowest BCUT2D eigenvalue weighted by Crippen LogP contribution is -2.54. The van der Waals surface area contributed by atoms with Crippen molar-refractivity contribution in [3.8, 4) is 23.1 Å². The number of methoxy groups -OCH3 is 2. The zero-order valence-electron chi connectivity index (χ0n) is 22.6. The number of carbonyl (C=O) groups is 2. The van der Waals surface area contributed by atoms with E-state index in [9.17, 15) is 9.59 Å². The van der Waals surface area contributed by atoms with Crippen LogP contribution in [0.3, 0.4) is 0 Å². The van der Waals surface area contributed by atoms with Gasteiger partial charge in [-0.3, -0.25) is 9.59 Å². The number of hydrogen-bond acceptors (Lipinski definition) is 8. The molecule has 37 heavy (non-hydrogen) atoms. The highest BCUT2D eigenvalue weighted by atomic mass is 16.5. The van der Waals surface area contributed by atoms with Crippen LogP contribution in [0, 0.1) is 6.92 Å². The van der Waals surface area contributed by atoms with Gasteiger partial charge in [0.2, 0.25) is 17.6 Å². The Morgan fingerprint density at radius 2 is 1.86 bits per heavy atom. The molecule has 11 nitrogen and oxygen atoms in total. The van der Waals surface area contributed by atoms with Crippen molar-refractivity contribution in [3.05, 3.63) is 41.7 Å². The Balaban J connectivity index is 1.82. The van der Waals surface area contributed by atoms with E-state index in [1.165, 1.54) is 4.80 Å². The molecule has 200 valence electrons. The van der Waals surface area contributed by atoms with Crippen molar-refractivity contribution >= 4 is 11.8 Å². The standard InChI is InChI=1S/C26H36N6O5/c1-8-19(25(34)27-26(3,4)5)31(14-13-18-10-12-20(35-6)22(15-18)36-7)23(33)16-32-29-24(28-30-32)21-11-9-17(2)37-21/h9-12,15,19H,8,13-14,16H2,1-7H3,(H,27,34). The largest absolute Gasteiger partial charge is 0.493 e. The Morgan fingerprint density at radius 3 is 2.46 bits per heavy atom. The molecule has 2 heterocycles. The van der Waals surface area contributed by atoms with E-state index in [0.29, 0.717) is 36.6 Å². The van der Waals surface area contributed by atoms with E-state index < -0.39 is 11.6 Å². The lowest BCUT2D eigenvalue weighted by Gasteiger charge is -2.33. The lowest BCUT2D eigenvalue weighted by atomic mass is 10.1. The summed E-state index contributed by atoms with van der Waals surface area (Å²) in [5.74, 6) is 2.19. The van der Waals surface area contributed by atoms with Gasteiger partial charge in [0.15, 0.2) is 17.3 Å². The van der Waals surface area contributed by atoms with Crippen LogP contribution >= 0.6 is 0 Å². The summed E-state index contributed by atoms with van der Waals surface area (Å²) in [6, 6.07) is 8.49. The maximum absolute atomic E-state index is 13.5. The van der Waals surface area contributed by atoms with Crippen LogP contribution in [-0.2, 0) is 22.6 Å². The highest BCUT2D eigenvalue weighted by molar-refractivity contribution is 5.88. The van der Waals surface area contributed by atoms with Crippen molar-refractivity contribution in [2.24, 2.45) is 0 Å². The molecule has 0 saturated carbocycles. The first kappa shape index (κ1) is 27.7. The van der Waals surface area contributed by atoms with E-state index in [4.69, 9.17) is 13.9 Å². The molecule has 2 aromatic heterocycles. The molecule has 11 heteroatoms. The van der Waals surface area contributed by atoms with Crippen LogP contribution < -0.4 is 14.8 Å². The number of nitrogens with one attached hydrogen (secondary N) is 1. The van der Waals surface area contributed by atoms with Gasteiger partial charge in [-0.15, -0.1) is 10.2 Å². The predicted molar refractivity (Wildman–Crippen MR) is 137 cm³/mol. The molecular formula is C26H36N6O5. The van der Waals surface area contributed by atoms with E-state index in [0.717, 1.165) is 11.3 Å². The van der Waals surface area contributed by atoms with Crippen molar-refractivity contribution in [3.63, 3.8) is 0 Å². The fourth-order valence-electron chi connectivity index (χ4n) is 3.92. The molecule has 0 aliphatic heterocycles. The van der Waals surface area contributed by atoms with Crippen molar-refractivity contribution < 1.29 is 23.5 Å². The Hall–Kier alpha value is -3.89. The quantitative estimate of drug-likeness (QED) is 0.416. The van der Waals surface area contributed by atoms with Crippen molar-refractivity contribution in [2.75, 3.05) is 20.8 Å². The number of ether oxygens (including phenoxy) is 2. The molecule has 2 amide bonds. The van der Waals surface area contributed by atoms with Gasteiger partial charge >= 0.3 is 0 Å². The Morgan fingerprint density at radius 1 is 1.14 bits per heavy atom. The monoisotopic (exact) mass is 512 g/mol. The molecule has 0 radical (unpaired) electrons. The van der Waals surface area contributed by atoms with Crippen LogP contribution in [0.25, 0.3) is 11.6 Å². The first-order valence-corrected chi connectivity index (χ1v) is 12.2. The number of tetrazole rings is 1. The molecule has 0 bridgehead atoms. The summed E-state index contributed by atoms with van der Waals surface area (Å²) in [7, 11) is 3.15. The molecule has 0 spiro atoms. The van der Waals surface area contributed by atoms with Crippen molar-refractivity contribution in [1.29, 1.82) is 0 Å². The van der Waals surface area contributed by atoms with Crippen LogP contribution in [0.4, 0.5) is 0 Å². The minimum Gasteiger partial charge on any atom is -0.493 e. The highest BCUT2D eigenvalue weighted by Gasteiger charge is 2.31. The Kier molecular flexibility index (Phi) is 8.90. The van der Waals surface area contributed by atoms with E-state index in [1.54, 1.807) is 31.3 Å². The SMILES string of the molecule is CCC(C(=O)NC(C)(C)C)N(CCc1ccc(OC)c(OC)c1)C(=O)Cn1nnc(-c2ccc(C)o2)n1. The summed E-state index contributed by atoms with van der Waals surface area (Å²) in [4.78, 5) is 29.5. The molecule has 0 aliphatic carbocycles. The molecule has 3 rings (SSSR count). The second kappa shape index (κ2) is 11.9. The number of rotatable bonds is 11. The van der Waals surface area contributed by atoms with Gasteiger partial charge in [-0.2, -0.15) is 4.80 Å². The van der Waals surface area contributed by atoms with Gasteiger partial charge in [-0.1, -0.05) is 13.0 Å². The second-order valence-corrected chi connectivity index (χ2v) is 9.74. The number of aromatic nitrogens is 4. The Labute approximate surface area is 217 Å². The van der Waals surface area contributed by atoms with Crippen molar-refractivity contribution in [1.82, 2.24) is 30.4 Å². The molecule has 0 saturated heterocycles. The number of carbonyl (C=O) groups excluding carboxylic acids is 2. The normalized spacial score (nSPS) is 12.2. The van der Waals surface area contributed by atoms with E-state index in [1.807, 2.05) is 52.8 Å². The van der Waals surface area contributed by atoms with Crippen LogP contribution in [0.1, 0.15) is 45.4 Å². The molecule has 3 aromatic rings. The Bertz CT molecular complexity index is 1210. The lowest BCUT2D eigenvalue weighted by molar-refractivity contribution is -0.142. The third kappa shape index (κ3) is 7.31. The van der Waals surface area contributed by atoms with Gasteiger partial charge in [0.05, 0.1) is 14.2 Å². The number of nitrogens with zero attached hydrogens (tertiary/aromatic N) is 5. The minimum absolute atomic E-state index is 0.169. The van der Waals surface area contributed by atoms with E-state index in [-0.39, 0.29) is 24.2 Å². The summed E-state index contributed by atoms with van der Waals surface area (Å²) in [6.07, 6.45) is 0.953. The number of benzene rings is 1. The molecule has 0 fully saturated rings. The summed E-state index contributed by atoms with van der Waals surface area (Å²) in [5.41, 5.74) is 0.502. The average molecular weight is 513 g/mol. The zero-order valence-corrected chi connectivity index (χ0v) is 22.6. The molecule has 0 aliphatic rings. The van der Waals surface area contributed by atoms with Gasteiger partial charge in [-0.25, -0.2) is 0 Å². The van der Waals surface area contributed by atoms with Gasteiger partial charge in [0, 0.05) is 12.1 Å². The molecule has 1 unspecified atom stereocenters. The molecule has 1 N–H and O–H groups in total. The predicted octanol–water partition coefficient (Wildman–Crippen LogP) is 3.02. The van der Waals surface area contributed by atoms with Crippen LogP contribution in [-0.4, -0.2) is 69.3 Å². The molecule has 1 atom stereocenters. The third-order valence-electron chi connectivity index (χ3n) is 5.66. The van der Waals surface area contributed by atoms with Crippen molar-refractivity contribution in [2.45, 2.75) is 65.6 Å². The smallest absolute Gasteiger partial charge is 0.246 e. The van der Waals surface area contributed by atoms with Gasteiger partial charge in [-0.05, 0) is 75.6 Å². The first-order valence-electron chi connectivity index (χ1n) is 12.2. The topological polar surface area (TPSA) is 125 Å². The van der Waals surface area contributed by atoms with Crippen LogP contribution in [0.15, 0.2) is 34.7 Å². The maximum atomic E-state index is 13.5. The third-order valence-corrected chi connectivity index (χ3v) is 5.66. The zero-order chi connectivity index (χ0) is 27.2. The van der Waals surface area contributed by atoms with Gasteiger partial charge in [0.25, 0.3) is 0 Å². The van der Waals surface area contributed by atoms with E-state index >= 15 is 0 Å². The number of furan rings is 1. The second-order valence-electron chi connectivity index (χ2n) is 9.74. The highest BCUT2D eigenvalue weighted by Crippen LogP contribution is 2.28. The molecule has 1 aromatic carbocycles. The average Bonchev–Trinajstić information content (AvgIpc) is 3.48. The molecular weight excluding hydrogens is 476 g/mol. The minimum atomic E-state index is -0.664. The van der Waals surface area contributed by atoms with E-state index in [2.05, 4.69) is 20.7 Å². The summed E-state index contributed by atoms with van der Waals surface area (Å²) in [6.45, 7) is 9.57. The number of amides is 2. The summed E-state index contributed by atoms with van der Waals surface area (Å²) < 4.78 is 16.3.